The van der Waals surface area contributed by atoms with Gasteiger partial charge >= 0.3 is 0 Å². The maximum absolute atomic E-state index is 4.70. The monoisotopic (exact) mass is 500 g/mol. The fraction of sp³-hybridized carbons (Fsp3) is 0.219. The van der Waals surface area contributed by atoms with Crippen molar-refractivity contribution in [1.82, 2.24) is 30.0 Å². The molecule has 1 aliphatic rings. The van der Waals surface area contributed by atoms with Crippen LogP contribution >= 0.6 is 0 Å². The van der Waals surface area contributed by atoms with Crippen LogP contribution in [0.15, 0.2) is 86.0 Å². The van der Waals surface area contributed by atoms with Crippen LogP contribution < -0.4 is 0 Å². The Labute approximate surface area is 223 Å². The fourth-order valence-electron chi connectivity index (χ4n) is 5.46. The highest BCUT2D eigenvalue weighted by atomic mass is 15.1. The van der Waals surface area contributed by atoms with E-state index < -0.39 is 0 Å². The Bertz CT molecular complexity index is 1600. The highest BCUT2D eigenvalue weighted by molar-refractivity contribution is 5.96. The van der Waals surface area contributed by atoms with E-state index in [4.69, 9.17) is 5.10 Å². The Kier molecular flexibility index (Phi) is 6.71. The number of hydrogen-bond donors (Lipinski definition) is 2. The molecule has 38 heavy (non-hydrogen) atoms. The molecule has 0 radical (unpaired) electrons. The van der Waals surface area contributed by atoms with E-state index in [0.717, 1.165) is 62.4 Å². The van der Waals surface area contributed by atoms with Gasteiger partial charge in [0.2, 0.25) is 0 Å². The lowest BCUT2D eigenvalue weighted by atomic mass is 9.98. The molecule has 0 amide bonds. The third-order valence-electron chi connectivity index (χ3n) is 7.38. The zero-order chi connectivity index (χ0) is 25.9. The van der Waals surface area contributed by atoms with Gasteiger partial charge in [-0.3, -0.25) is 20.0 Å². The average molecular weight is 501 g/mol. The maximum Gasteiger partial charge on any atom is 0.116 e. The minimum absolute atomic E-state index is 0.904. The van der Waals surface area contributed by atoms with Crippen LogP contribution in [0.2, 0.25) is 0 Å². The molecule has 6 rings (SSSR count). The third kappa shape index (κ3) is 4.83. The van der Waals surface area contributed by atoms with Gasteiger partial charge in [0.15, 0.2) is 0 Å². The number of piperidine rings is 1. The van der Waals surface area contributed by atoms with Gasteiger partial charge in [0, 0.05) is 53.5 Å². The summed E-state index contributed by atoms with van der Waals surface area (Å²) in [5.74, 6) is 0. The van der Waals surface area contributed by atoms with Crippen LogP contribution in [0.3, 0.4) is 0 Å². The van der Waals surface area contributed by atoms with Crippen LogP contribution in [0.5, 0.6) is 0 Å². The smallest absolute Gasteiger partial charge is 0.116 e. The molecule has 2 N–H and O–H groups in total. The quantitative estimate of drug-likeness (QED) is 0.238. The minimum Gasteiger partial charge on any atom is -0.357 e. The predicted molar refractivity (Wildman–Crippen MR) is 154 cm³/mol. The number of nitrogens with zero attached hydrogens (tertiary/aromatic N) is 4. The lowest BCUT2D eigenvalue weighted by Crippen LogP contribution is -2.29. The molecule has 6 nitrogen and oxygen atoms in total. The summed E-state index contributed by atoms with van der Waals surface area (Å²) in [5, 5.41) is 8.99. The predicted octanol–water partition coefficient (Wildman–Crippen LogP) is 6.93. The zero-order valence-corrected chi connectivity index (χ0v) is 21.7. The number of rotatable bonds is 7. The number of benzene rings is 1. The number of pyridine rings is 2. The first kappa shape index (κ1) is 24.1. The summed E-state index contributed by atoms with van der Waals surface area (Å²) in [6.45, 7) is 9.34. The van der Waals surface area contributed by atoms with E-state index in [-0.39, 0.29) is 0 Å². The second kappa shape index (κ2) is 10.6. The number of H-pyrrole nitrogens is 2. The highest BCUT2D eigenvalue weighted by Gasteiger charge is 2.17. The summed E-state index contributed by atoms with van der Waals surface area (Å²) in [6.07, 6.45) is 15.4. The van der Waals surface area contributed by atoms with Gasteiger partial charge in [0.1, 0.15) is 5.69 Å². The number of aryl methyl sites for hydroxylation is 1. The Balaban J connectivity index is 1.34. The van der Waals surface area contributed by atoms with Gasteiger partial charge < -0.3 is 4.98 Å². The molecule has 0 saturated carbocycles. The van der Waals surface area contributed by atoms with Crippen molar-refractivity contribution in [2.75, 3.05) is 13.1 Å². The number of likely N-dealkylation sites (tertiary alicyclic amines) is 1. The Morgan fingerprint density at radius 1 is 0.974 bits per heavy atom. The lowest BCUT2D eigenvalue weighted by molar-refractivity contribution is 0.220. The SMILES string of the molecule is C=C/C=C(/c1ccncc1)c1cc(-c2n[nH]c3ccc(-c4cncc(CN5CCCCC5)c4)cc23)[nH]c1C. The van der Waals surface area contributed by atoms with Gasteiger partial charge in [0.05, 0.1) is 11.2 Å². The first-order valence-electron chi connectivity index (χ1n) is 13.3. The molecular weight excluding hydrogens is 468 g/mol. The van der Waals surface area contributed by atoms with E-state index in [1.54, 1.807) is 0 Å². The van der Waals surface area contributed by atoms with Crippen LogP contribution in [0.4, 0.5) is 0 Å². The van der Waals surface area contributed by atoms with Crippen molar-refractivity contribution in [3.8, 4) is 22.5 Å². The number of allylic oxidation sites excluding steroid dienone is 2. The molecule has 0 spiro atoms. The van der Waals surface area contributed by atoms with Crippen molar-refractivity contribution in [3.05, 3.63) is 108 Å². The van der Waals surface area contributed by atoms with E-state index in [1.807, 2.05) is 49.1 Å². The molecule has 4 aromatic heterocycles. The first-order chi connectivity index (χ1) is 18.7. The van der Waals surface area contributed by atoms with Crippen molar-refractivity contribution in [3.63, 3.8) is 0 Å². The topological polar surface area (TPSA) is 73.5 Å². The van der Waals surface area contributed by atoms with E-state index in [2.05, 4.69) is 68.8 Å². The maximum atomic E-state index is 4.70. The number of hydrogen-bond acceptors (Lipinski definition) is 4. The number of aromatic amines is 2. The largest absolute Gasteiger partial charge is 0.357 e. The van der Waals surface area contributed by atoms with Crippen LogP contribution in [0.1, 0.15) is 41.6 Å². The molecule has 1 aromatic carbocycles. The molecule has 0 bridgehead atoms. The van der Waals surface area contributed by atoms with Crippen molar-refractivity contribution >= 4 is 16.5 Å². The van der Waals surface area contributed by atoms with E-state index in [9.17, 15) is 0 Å². The molecule has 0 atom stereocenters. The molecule has 6 heteroatoms. The molecule has 1 aliphatic heterocycles. The van der Waals surface area contributed by atoms with Crippen molar-refractivity contribution in [2.45, 2.75) is 32.7 Å². The second-order valence-corrected chi connectivity index (χ2v) is 10.0. The van der Waals surface area contributed by atoms with Gasteiger partial charge in [-0.2, -0.15) is 5.10 Å². The third-order valence-corrected chi connectivity index (χ3v) is 7.38. The van der Waals surface area contributed by atoms with Gasteiger partial charge in [-0.15, -0.1) is 0 Å². The van der Waals surface area contributed by atoms with Crippen LogP contribution in [0, 0.1) is 6.92 Å². The standard InChI is InChI=1S/C32H32N6/c1-3-7-27(24-10-12-33-13-11-24)28-18-31(35-22(28)2)32-29-17-25(8-9-30(29)36-37-32)26-16-23(19-34-20-26)21-38-14-5-4-6-15-38/h3,7-13,16-20,35H,1,4-6,14-15,21H2,2H3,(H,36,37)/b27-7-. The van der Waals surface area contributed by atoms with Gasteiger partial charge in [-0.25, -0.2) is 0 Å². The average Bonchev–Trinajstić information content (AvgIpc) is 3.55. The minimum atomic E-state index is 0.904. The van der Waals surface area contributed by atoms with Crippen molar-refractivity contribution < 1.29 is 0 Å². The highest BCUT2D eigenvalue weighted by Crippen LogP contribution is 2.34. The molecule has 5 aromatic rings. The van der Waals surface area contributed by atoms with Crippen LogP contribution in [-0.2, 0) is 6.54 Å². The van der Waals surface area contributed by atoms with Crippen molar-refractivity contribution in [2.24, 2.45) is 0 Å². The zero-order valence-electron chi connectivity index (χ0n) is 21.7. The van der Waals surface area contributed by atoms with Gasteiger partial charge in [0.25, 0.3) is 0 Å². The second-order valence-electron chi connectivity index (χ2n) is 10.0. The van der Waals surface area contributed by atoms with Crippen LogP contribution in [-0.4, -0.2) is 43.1 Å². The first-order valence-corrected chi connectivity index (χ1v) is 13.3. The summed E-state index contributed by atoms with van der Waals surface area (Å²) >= 11 is 0. The number of fused-ring (bicyclic) bond motifs is 1. The Morgan fingerprint density at radius 3 is 2.63 bits per heavy atom. The summed E-state index contributed by atoms with van der Waals surface area (Å²) in [6, 6.07) is 15.0. The molecule has 190 valence electrons. The molecular formula is C32H32N6. The van der Waals surface area contributed by atoms with Gasteiger partial charge in [-0.05, 0) is 91.5 Å². The van der Waals surface area contributed by atoms with Gasteiger partial charge in [-0.1, -0.05) is 31.2 Å². The number of aromatic nitrogens is 5. The molecule has 0 aliphatic carbocycles. The fourth-order valence-corrected chi connectivity index (χ4v) is 5.46. The molecule has 5 heterocycles. The molecule has 1 saturated heterocycles. The lowest BCUT2D eigenvalue weighted by Gasteiger charge is -2.26. The Hall–Kier alpha value is -4.29. The summed E-state index contributed by atoms with van der Waals surface area (Å²) in [4.78, 5) is 14.9. The molecule has 1 fully saturated rings. The summed E-state index contributed by atoms with van der Waals surface area (Å²) < 4.78 is 0. The van der Waals surface area contributed by atoms with E-state index >= 15 is 0 Å². The van der Waals surface area contributed by atoms with Crippen molar-refractivity contribution in [1.29, 1.82) is 0 Å². The normalized spacial score (nSPS) is 14.7. The Morgan fingerprint density at radius 2 is 1.82 bits per heavy atom. The van der Waals surface area contributed by atoms with E-state index in [1.165, 1.54) is 37.9 Å². The number of nitrogens with one attached hydrogen (secondary N) is 2. The van der Waals surface area contributed by atoms with E-state index in [0.29, 0.717) is 0 Å². The summed E-state index contributed by atoms with van der Waals surface area (Å²) in [7, 11) is 0. The summed E-state index contributed by atoms with van der Waals surface area (Å²) in [5.41, 5.74) is 10.8. The van der Waals surface area contributed by atoms with Crippen LogP contribution in [0.25, 0.3) is 39.0 Å². The molecule has 0 unspecified atom stereocenters.